The summed E-state index contributed by atoms with van der Waals surface area (Å²) >= 11 is 2.09. The van der Waals surface area contributed by atoms with Crippen LogP contribution in [0.15, 0.2) is 42.5 Å². The normalized spacial score (nSPS) is 11.0. The summed E-state index contributed by atoms with van der Waals surface area (Å²) in [5.41, 5.74) is 0.530. The second kappa shape index (κ2) is 9.59. The largest absolute Gasteiger partial charge is 0.796 e. The van der Waals surface area contributed by atoms with Crippen LogP contribution >= 0.6 is 22.6 Å². The van der Waals surface area contributed by atoms with Crippen molar-refractivity contribution in [1.82, 2.24) is 0 Å². The van der Waals surface area contributed by atoms with E-state index in [9.17, 15) is 13.4 Å². The highest BCUT2D eigenvalue weighted by Gasteiger charge is 2.22. The van der Waals surface area contributed by atoms with Gasteiger partial charge in [-0.15, -0.1) is 0 Å². The molecule has 0 saturated heterocycles. The maximum atomic E-state index is 12.8. The minimum Gasteiger partial charge on any atom is -0.505 e. The molecule has 0 unspecified atom stereocenters. The number of halogens is 3. The fourth-order valence-corrected chi connectivity index (χ4v) is 2.68. The molecule has 0 aliphatic heterocycles. The van der Waals surface area contributed by atoms with Crippen LogP contribution in [0.25, 0.3) is 5.76 Å². The number of methoxy groups -OCH3 is 3. The smallest absolute Gasteiger partial charge is 0.505 e. The van der Waals surface area contributed by atoms with Crippen molar-refractivity contribution < 1.29 is 32.3 Å². The highest BCUT2D eigenvalue weighted by molar-refractivity contribution is 14.1. The second-order valence-electron chi connectivity index (χ2n) is 5.17. The third-order valence-electron chi connectivity index (χ3n) is 3.56. The summed E-state index contributed by atoms with van der Waals surface area (Å²) in [4.78, 5) is 12.7. The molecule has 2 aromatic rings. The molecular weight excluding hydrogens is 472 g/mol. The number of carbonyl (C=O) groups excluding carboxylic acids is 1. The Bertz CT molecular complexity index is 815. The summed E-state index contributed by atoms with van der Waals surface area (Å²) in [5, 5.41) is 0. The SMILES string of the molecule is COc1cc(C(=O)/C=C(\OB(F)F)c2ccc(I)cc2)cc(OC)c1OC. The average Bonchev–Trinajstić information content (AvgIpc) is 2.66. The first-order chi connectivity index (χ1) is 12.9. The van der Waals surface area contributed by atoms with Gasteiger partial charge in [0.05, 0.1) is 21.3 Å². The summed E-state index contributed by atoms with van der Waals surface area (Å²) in [6, 6.07) is 9.52. The van der Waals surface area contributed by atoms with Crippen molar-refractivity contribution >= 4 is 41.6 Å². The van der Waals surface area contributed by atoms with Crippen LogP contribution in [0.1, 0.15) is 15.9 Å². The number of ether oxygens (including phenoxy) is 3. The van der Waals surface area contributed by atoms with Gasteiger partial charge in [-0.3, -0.25) is 4.79 Å². The Morgan fingerprint density at radius 2 is 1.52 bits per heavy atom. The van der Waals surface area contributed by atoms with Gasteiger partial charge >= 0.3 is 7.47 Å². The number of carbonyl (C=O) groups is 1. The number of hydrogen-bond donors (Lipinski definition) is 0. The van der Waals surface area contributed by atoms with Gasteiger partial charge in [0.15, 0.2) is 17.3 Å². The number of rotatable bonds is 8. The van der Waals surface area contributed by atoms with Crippen LogP contribution in [0.2, 0.25) is 0 Å². The van der Waals surface area contributed by atoms with E-state index >= 15 is 0 Å². The van der Waals surface area contributed by atoms with E-state index in [1.807, 2.05) is 0 Å². The molecule has 9 heteroatoms. The van der Waals surface area contributed by atoms with E-state index in [4.69, 9.17) is 14.2 Å². The van der Waals surface area contributed by atoms with Gasteiger partial charge in [-0.1, -0.05) is 12.1 Å². The van der Waals surface area contributed by atoms with E-state index in [-0.39, 0.29) is 22.8 Å². The van der Waals surface area contributed by atoms with Gasteiger partial charge in [0, 0.05) is 20.8 Å². The molecule has 0 spiro atoms. The van der Waals surface area contributed by atoms with Gasteiger partial charge in [-0.2, -0.15) is 0 Å². The lowest BCUT2D eigenvalue weighted by Crippen LogP contribution is -2.07. The van der Waals surface area contributed by atoms with Crippen molar-refractivity contribution in [2.75, 3.05) is 21.3 Å². The molecule has 0 heterocycles. The molecule has 0 aromatic heterocycles. The van der Waals surface area contributed by atoms with Crippen LogP contribution in [0.5, 0.6) is 17.2 Å². The topological polar surface area (TPSA) is 54.0 Å². The molecule has 0 N–H and O–H groups in total. The summed E-state index contributed by atoms with van der Waals surface area (Å²) in [6.07, 6.45) is 1.01. The zero-order valence-corrected chi connectivity index (χ0v) is 17.0. The molecule has 0 saturated carbocycles. The van der Waals surface area contributed by atoms with Crippen LogP contribution in [0.4, 0.5) is 8.63 Å². The monoisotopic (exact) mass is 488 g/mol. The van der Waals surface area contributed by atoms with Crippen molar-refractivity contribution in [2.45, 2.75) is 0 Å². The number of hydrogen-bond acceptors (Lipinski definition) is 5. The van der Waals surface area contributed by atoms with Crippen LogP contribution in [0.3, 0.4) is 0 Å². The van der Waals surface area contributed by atoms with Crippen molar-refractivity contribution in [3.8, 4) is 17.2 Å². The van der Waals surface area contributed by atoms with E-state index in [2.05, 4.69) is 27.2 Å². The fraction of sp³-hybridized carbons (Fsp3) is 0.167. The van der Waals surface area contributed by atoms with Gasteiger partial charge in [0.1, 0.15) is 5.76 Å². The number of allylic oxidation sites excluding steroid dienone is 1. The van der Waals surface area contributed by atoms with Gasteiger partial charge in [-0.25, -0.2) is 8.63 Å². The van der Waals surface area contributed by atoms with Crippen molar-refractivity contribution in [1.29, 1.82) is 0 Å². The maximum Gasteiger partial charge on any atom is 0.796 e. The van der Waals surface area contributed by atoms with E-state index in [1.54, 1.807) is 24.3 Å². The van der Waals surface area contributed by atoms with Crippen molar-refractivity contribution in [3.05, 3.63) is 57.2 Å². The Hall–Kier alpha value is -2.30. The molecule has 2 aromatic carbocycles. The van der Waals surface area contributed by atoms with Crippen LogP contribution in [-0.2, 0) is 4.65 Å². The summed E-state index contributed by atoms with van der Waals surface area (Å²) in [5.74, 6) is 0.0872. The zero-order chi connectivity index (χ0) is 20.0. The average molecular weight is 488 g/mol. The Labute approximate surface area is 169 Å². The second-order valence-corrected chi connectivity index (χ2v) is 6.42. The maximum absolute atomic E-state index is 12.8. The highest BCUT2D eigenvalue weighted by Crippen LogP contribution is 2.38. The summed E-state index contributed by atoms with van der Waals surface area (Å²) < 4.78 is 46.7. The summed E-state index contributed by atoms with van der Waals surface area (Å²) in [6.45, 7) is 0. The molecule has 0 bridgehead atoms. The molecule has 2 rings (SSSR count). The molecule has 27 heavy (non-hydrogen) atoms. The summed E-state index contributed by atoms with van der Waals surface area (Å²) in [7, 11) is 1.20. The standard InChI is InChI=1S/C18H16BF2IO5/c1-24-16-8-12(9-17(25-2)18(16)26-3)14(23)10-15(27-19(20)21)11-4-6-13(22)7-5-11/h4-10H,1-3H3/b15-10-. The Balaban J connectivity index is 2.47. The van der Waals surface area contributed by atoms with E-state index < -0.39 is 13.3 Å². The first-order valence-electron chi connectivity index (χ1n) is 7.66. The molecule has 142 valence electrons. The fourth-order valence-electron chi connectivity index (χ4n) is 2.32. The number of benzene rings is 2. The molecule has 0 amide bonds. The van der Waals surface area contributed by atoms with Gasteiger partial charge in [-0.05, 0) is 46.9 Å². The molecule has 0 atom stereocenters. The quantitative estimate of drug-likeness (QED) is 0.181. The van der Waals surface area contributed by atoms with Crippen LogP contribution in [-0.4, -0.2) is 34.6 Å². The lowest BCUT2D eigenvalue weighted by atomic mass is 10.1. The van der Waals surface area contributed by atoms with Gasteiger partial charge < -0.3 is 18.9 Å². The third-order valence-corrected chi connectivity index (χ3v) is 4.28. The molecule has 5 nitrogen and oxygen atoms in total. The third kappa shape index (κ3) is 5.35. The Morgan fingerprint density at radius 1 is 0.963 bits per heavy atom. The lowest BCUT2D eigenvalue weighted by molar-refractivity contribution is 0.104. The van der Waals surface area contributed by atoms with E-state index in [1.165, 1.54) is 33.5 Å². The van der Waals surface area contributed by atoms with Crippen LogP contribution in [0, 0.1) is 3.57 Å². The minimum atomic E-state index is -3.07. The van der Waals surface area contributed by atoms with Crippen molar-refractivity contribution in [3.63, 3.8) is 0 Å². The molecule has 0 fully saturated rings. The van der Waals surface area contributed by atoms with Gasteiger partial charge in [0.2, 0.25) is 5.75 Å². The van der Waals surface area contributed by atoms with Crippen molar-refractivity contribution in [2.24, 2.45) is 0 Å². The predicted molar refractivity (Wildman–Crippen MR) is 107 cm³/mol. The molecule has 0 aliphatic carbocycles. The Kier molecular flexibility index (Phi) is 7.46. The van der Waals surface area contributed by atoms with E-state index in [0.29, 0.717) is 11.3 Å². The minimum absolute atomic E-state index is 0.172. The predicted octanol–water partition coefficient (Wildman–Crippen LogP) is 4.48. The zero-order valence-electron chi connectivity index (χ0n) is 14.8. The molecular formula is C18H16BF2IO5. The first-order valence-corrected chi connectivity index (χ1v) is 8.74. The molecule has 0 radical (unpaired) electrons. The molecule has 0 aliphatic rings. The number of ketones is 1. The first kappa shape index (κ1) is 21.0. The Morgan fingerprint density at radius 3 is 1.96 bits per heavy atom. The van der Waals surface area contributed by atoms with Crippen LogP contribution < -0.4 is 14.2 Å². The van der Waals surface area contributed by atoms with E-state index in [0.717, 1.165) is 9.65 Å². The lowest BCUT2D eigenvalue weighted by Gasteiger charge is -2.13. The highest BCUT2D eigenvalue weighted by atomic mass is 127. The van der Waals surface area contributed by atoms with Gasteiger partial charge in [0.25, 0.3) is 0 Å².